The summed E-state index contributed by atoms with van der Waals surface area (Å²) in [5.41, 5.74) is 1.90. The quantitative estimate of drug-likeness (QED) is 0.348. The smallest absolute Gasteiger partial charge is 0.0661 e. The SMILES string of the molecule is CCC(O)(CC)CCCSC(C)[C@H]1[C@H](O)C[C@H]2C3=CC=C4C[C@@H](O)C[C@H](O)[C@]4(C)[C@H]3CC[C@@]21C. The van der Waals surface area contributed by atoms with Gasteiger partial charge in [-0.05, 0) is 74.4 Å². The van der Waals surface area contributed by atoms with Crippen LogP contribution in [0.4, 0.5) is 0 Å². The molecule has 3 saturated carbocycles. The lowest BCUT2D eigenvalue weighted by molar-refractivity contribution is -0.0534. The lowest BCUT2D eigenvalue weighted by atomic mass is 9.49. The fraction of sp³-hybridized carbons (Fsp3) is 0.862. The van der Waals surface area contributed by atoms with Crippen LogP contribution in [-0.4, -0.2) is 55.3 Å². The van der Waals surface area contributed by atoms with Crippen LogP contribution >= 0.6 is 11.8 Å². The first-order valence-electron chi connectivity index (χ1n) is 13.8. The maximum Gasteiger partial charge on any atom is 0.0661 e. The number of rotatable bonds is 8. The van der Waals surface area contributed by atoms with Gasteiger partial charge in [-0.25, -0.2) is 0 Å². The van der Waals surface area contributed by atoms with Gasteiger partial charge in [-0.3, -0.25) is 0 Å². The predicted octanol–water partition coefficient (Wildman–Crippen LogP) is 5.24. The third-order valence-corrected chi connectivity index (χ3v) is 12.1. The fourth-order valence-corrected chi connectivity index (χ4v) is 9.71. The van der Waals surface area contributed by atoms with Crippen molar-refractivity contribution in [2.24, 2.45) is 28.6 Å². The van der Waals surface area contributed by atoms with E-state index >= 15 is 0 Å². The van der Waals surface area contributed by atoms with Crippen LogP contribution in [0.1, 0.15) is 92.4 Å². The highest BCUT2D eigenvalue weighted by molar-refractivity contribution is 7.99. The summed E-state index contributed by atoms with van der Waals surface area (Å²) in [7, 11) is 0. The Labute approximate surface area is 211 Å². The van der Waals surface area contributed by atoms with Gasteiger partial charge < -0.3 is 20.4 Å². The zero-order chi connectivity index (χ0) is 24.9. The van der Waals surface area contributed by atoms with Crippen molar-refractivity contribution in [3.05, 3.63) is 23.3 Å². The molecule has 0 bridgehead atoms. The summed E-state index contributed by atoms with van der Waals surface area (Å²) in [5.74, 6) is 1.95. The van der Waals surface area contributed by atoms with Gasteiger partial charge in [0.05, 0.1) is 23.9 Å². The molecule has 34 heavy (non-hydrogen) atoms. The maximum absolute atomic E-state index is 11.3. The summed E-state index contributed by atoms with van der Waals surface area (Å²) in [6.07, 6.45) is 10.8. The Morgan fingerprint density at radius 2 is 1.79 bits per heavy atom. The molecule has 3 fully saturated rings. The lowest BCUT2D eigenvalue weighted by Crippen LogP contribution is -2.52. The summed E-state index contributed by atoms with van der Waals surface area (Å²) in [5, 5.41) is 43.6. The number of aliphatic hydroxyl groups excluding tert-OH is 3. The lowest BCUT2D eigenvalue weighted by Gasteiger charge is -2.56. The van der Waals surface area contributed by atoms with E-state index in [1.807, 2.05) is 11.8 Å². The minimum atomic E-state index is -0.526. The highest BCUT2D eigenvalue weighted by atomic mass is 32.2. The van der Waals surface area contributed by atoms with Crippen molar-refractivity contribution in [1.29, 1.82) is 0 Å². The van der Waals surface area contributed by atoms with Crippen molar-refractivity contribution in [1.82, 2.24) is 0 Å². The largest absolute Gasteiger partial charge is 0.393 e. The number of fused-ring (bicyclic) bond motifs is 5. The first-order chi connectivity index (χ1) is 16.0. The molecule has 0 aliphatic heterocycles. The molecule has 1 unspecified atom stereocenters. The Morgan fingerprint density at radius 3 is 2.47 bits per heavy atom. The highest BCUT2D eigenvalue weighted by Crippen LogP contribution is 2.66. The number of hydrogen-bond donors (Lipinski definition) is 4. The van der Waals surface area contributed by atoms with Crippen molar-refractivity contribution in [3.8, 4) is 0 Å². The average Bonchev–Trinajstić information content (AvgIpc) is 3.07. The molecular weight excluding hydrogens is 444 g/mol. The Bertz CT molecular complexity index is 804. The minimum Gasteiger partial charge on any atom is -0.393 e. The van der Waals surface area contributed by atoms with E-state index < -0.39 is 17.8 Å². The van der Waals surface area contributed by atoms with E-state index in [0.717, 1.165) is 50.7 Å². The molecule has 4 rings (SSSR count). The first-order valence-corrected chi connectivity index (χ1v) is 14.8. The van der Waals surface area contributed by atoms with Gasteiger partial charge in [0, 0.05) is 23.0 Å². The number of thioether (sulfide) groups is 1. The molecule has 4 aliphatic rings. The average molecular weight is 493 g/mol. The van der Waals surface area contributed by atoms with Gasteiger partial charge in [0.2, 0.25) is 0 Å². The first kappa shape index (κ1) is 26.7. The molecular formula is C29H48O4S. The van der Waals surface area contributed by atoms with Gasteiger partial charge in [0.1, 0.15) is 0 Å². The summed E-state index contributed by atoms with van der Waals surface area (Å²) < 4.78 is 0. The molecule has 0 aromatic rings. The molecule has 0 radical (unpaired) electrons. The molecule has 0 aromatic heterocycles. The van der Waals surface area contributed by atoms with Gasteiger partial charge in [-0.2, -0.15) is 11.8 Å². The van der Waals surface area contributed by atoms with Crippen molar-refractivity contribution in [2.45, 2.75) is 122 Å². The van der Waals surface area contributed by atoms with E-state index in [1.165, 1.54) is 11.1 Å². The monoisotopic (exact) mass is 492 g/mol. The van der Waals surface area contributed by atoms with Crippen molar-refractivity contribution in [2.75, 3.05) is 5.75 Å². The highest BCUT2D eigenvalue weighted by Gasteiger charge is 2.61. The summed E-state index contributed by atoms with van der Waals surface area (Å²) in [6, 6.07) is 0. The molecule has 0 amide bonds. The fourth-order valence-electron chi connectivity index (χ4n) is 8.33. The Morgan fingerprint density at radius 1 is 1.09 bits per heavy atom. The van der Waals surface area contributed by atoms with Crippen LogP contribution in [0.2, 0.25) is 0 Å². The van der Waals surface area contributed by atoms with Crippen LogP contribution in [0.5, 0.6) is 0 Å². The van der Waals surface area contributed by atoms with Crippen LogP contribution in [0, 0.1) is 28.6 Å². The zero-order valence-corrected chi connectivity index (χ0v) is 22.8. The second-order valence-corrected chi connectivity index (χ2v) is 13.8. The molecule has 5 heteroatoms. The molecule has 0 saturated heterocycles. The molecule has 0 spiro atoms. The summed E-state index contributed by atoms with van der Waals surface area (Å²) >= 11 is 1.97. The van der Waals surface area contributed by atoms with Crippen molar-refractivity contribution < 1.29 is 20.4 Å². The number of aliphatic hydroxyl groups is 4. The molecule has 4 nitrogen and oxygen atoms in total. The van der Waals surface area contributed by atoms with E-state index in [-0.39, 0.29) is 22.9 Å². The summed E-state index contributed by atoms with van der Waals surface area (Å²) in [4.78, 5) is 0. The predicted molar refractivity (Wildman–Crippen MR) is 141 cm³/mol. The maximum atomic E-state index is 11.3. The third kappa shape index (κ3) is 4.36. The van der Waals surface area contributed by atoms with E-state index in [9.17, 15) is 20.4 Å². The topological polar surface area (TPSA) is 80.9 Å². The van der Waals surface area contributed by atoms with Crippen LogP contribution in [0.3, 0.4) is 0 Å². The van der Waals surface area contributed by atoms with Crippen LogP contribution in [-0.2, 0) is 0 Å². The van der Waals surface area contributed by atoms with Crippen molar-refractivity contribution >= 4 is 11.8 Å². The molecule has 9 atom stereocenters. The Kier molecular flexibility index (Phi) is 7.74. The zero-order valence-electron chi connectivity index (χ0n) is 22.0. The molecule has 194 valence electrons. The normalized spacial score (nSPS) is 42.9. The second-order valence-electron chi connectivity index (χ2n) is 12.3. The van der Waals surface area contributed by atoms with Crippen molar-refractivity contribution in [3.63, 3.8) is 0 Å². The van der Waals surface area contributed by atoms with Crippen LogP contribution in [0.25, 0.3) is 0 Å². The summed E-state index contributed by atoms with van der Waals surface area (Å²) in [6.45, 7) is 11.1. The van der Waals surface area contributed by atoms with Gasteiger partial charge in [-0.15, -0.1) is 0 Å². The van der Waals surface area contributed by atoms with Crippen LogP contribution in [0.15, 0.2) is 23.3 Å². The van der Waals surface area contributed by atoms with Gasteiger partial charge in [0.25, 0.3) is 0 Å². The van der Waals surface area contributed by atoms with E-state index in [4.69, 9.17) is 0 Å². The number of allylic oxidation sites excluding steroid dienone is 3. The third-order valence-electron chi connectivity index (χ3n) is 10.8. The molecule has 0 heterocycles. The molecule has 4 N–H and O–H groups in total. The Balaban J connectivity index is 1.48. The standard InChI is InChI=1S/C29H48O4S/c1-6-29(33,7-2)12-8-14-34-18(3)26-24(31)17-23-21-10-9-19-15-20(30)16-25(32)28(19,5)22(21)11-13-27(23,26)4/h9-10,18,20,22-26,30-33H,6-8,11-17H2,1-5H3/t18?,20-,22+,23+,24-,25+,26+,27+,28+/m1/s1. The second kappa shape index (κ2) is 9.85. The van der Waals surface area contributed by atoms with Gasteiger partial charge in [0.15, 0.2) is 0 Å². The van der Waals surface area contributed by atoms with Crippen LogP contribution < -0.4 is 0 Å². The molecule has 4 aliphatic carbocycles. The van der Waals surface area contributed by atoms with E-state index in [1.54, 1.807) is 0 Å². The molecule has 0 aromatic carbocycles. The van der Waals surface area contributed by atoms with Gasteiger partial charge >= 0.3 is 0 Å². The van der Waals surface area contributed by atoms with Gasteiger partial charge in [-0.1, -0.05) is 57.9 Å². The minimum absolute atomic E-state index is 0.0720. The van der Waals surface area contributed by atoms with E-state index in [2.05, 4.69) is 46.8 Å². The van der Waals surface area contributed by atoms with E-state index in [0.29, 0.717) is 29.9 Å². The Hall–Kier alpha value is -0.330. The number of hydrogen-bond acceptors (Lipinski definition) is 5.